The topological polar surface area (TPSA) is 17.1 Å². The van der Waals surface area contributed by atoms with E-state index in [-0.39, 0.29) is 5.78 Å². The monoisotopic (exact) mass is 276 g/mol. The molecular formula is C20H20O. The molecule has 0 bridgehead atoms. The van der Waals surface area contributed by atoms with Crippen LogP contribution in [0.25, 0.3) is 11.6 Å². The van der Waals surface area contributed by atoms with Gasteiger partial charge in [-0.25, -0.2) is 0 Å². The first kappa shape index (κ1) is 15.0. The lowest BCUT2D eigenvalue weighted by Crippen LogP contribution is -1.91. The molecule has 2 aromatic rings. The van der Waals surface area contributed by atoms with Crippen LogP contribution in [0.5, 0.6) is 0 Å². The normalized spacial score (nSPS) is 12.3. The molecule has 2 aromatic carbocycles. The molecule has 0 aliphatic carbocycles. The van der Waals surface area contributed by atoms with E-state index in [0.717, 1.165) is 22.3 Å². The molecule has 106 valence electrons. The van der Waals surface area contributed by atoms with Gasteiger partial charge in [0.05, 0.1) is 0 Å². The van der Waals surface area contributed by atoms with E-state index < -0.39 is 0 Å². The molecule has 0 atom stereocenters. The Hall–Kier alpha value is -2.41. The van der Waals surface area contributed by atoms with Gasteiger partial charge in [0.25, 0.3) is 0 Å². The van der Waals surface area contributed by atoms with Crippen LogP contribution >= 0.6 is 0 Å². The van der Waals surface area contributed by atoms with Gasteiger partial charge in [-0.05, 0) is 36.6 Å². The number of allylic oxidation sites excluding steroid dienone is 3. The van der Waals surface area contributed by atoms with Crippen LogP contribution in [0, 0.1) is 0 Å². The van der Waals surface area contributed by atoms with Gasteiger partial charge in [-0.3, -0.25) is 4.79 Å². The van der Waals surface area contributed by atoms with Crippen molar-refractivity contribution >= 4 is 17.4 Å². The molecule has 0 radical (unpaired) electrons. The van der Waals surface area contributed by atoms with E-state index in [9.17, 15) is 4.79 Å². The second-order valence-electron chi connectivity index (χ2n) is 5.25. The summed E-state index contributed by atoms with van der Waals surface area (Å²) in [4.78, 5) is 11.3. The maximum absolute atomic E-state index is 11.3. The molecule has 0 unspecified atom stereocenters. The molecule has 0 N–H and O–H groups in total. The van der Waals surface area contributed by atoms with E-state index in [0.29, 0.717) is 6.42 Å². The average Bonchev–Trinajstić information content (AvgIpc) is 2.48. The van der Waals surface area contributed by atoms with Crippen molar-refractivity contribution in [2.75, 3.05) is 0 Å². The Morgan fingerprint density at radius 1 is 0.905 bits per heavy atom. The zero-order valence-electron chi connectivity index (χ0n) is 12.5. The molecule has 0 aromatic heterocycles. The zero-order valence-corrected chi connectivity index (χ0v) is 12.5. The minimum atomic E-state index is 0.191. The lowest BCUT2D eigenvalue weighted by atomic mass is 9.99. The van der Waals surface area contributed by atoms with Crippen molar-refractivity contribution in [2.45, 2.75) is 20.3 Å². The summed E-state index contributed by atoms with van der Waals surface area (Å²) >= 11 is 0. The largest absolute Gasteiger partial charge is 0.300 e. The predicted octanol–water partition coefficient (Wildman–Crippen LogP) is 5.15. The third kappa shape index (κ3) is 4.88. The Balaban J connectivity index is 2.41. The van der Waals surface area contributed by atoms with E-state index in [1.165, 1.54) is 0 Å². The van der Waals surface area contributed by atoms with Crippen LogP contribution in [-0.2, 0) is 4.79 Å². The number of hydrogen-bond donors (Lipinski definition) is 0. The smallest absolute Gasteiger partial charge is 0.133 e. The molecule has 0 saturated heterocycles. The molecule has 21 heavy (non-hydrogen) atoms. The standard InChI is InChI=1S/C20H20O/c1-16(13-17(2)21)14-20(19-11-7-4-8-12-19)15-18-9-5-3-6-10-18/h3-12,14-15H,13H2,1-2H3/b16-14+,20-15-. The fraction of sp³-hybridized carbons (Fsp3) is 0.150. The van der Waals surface area contributed by atoms with E-state index in [4.69, 9.17) is 0 Å². The van der Waals surface area contributed by atoms with Gasteiger partial charge in [-0.15, -0.1) is 0 Å². The Morgan fingerprint density at radius 2 is 1.48 bits per heavy atom. The number of rotatable bonds is 5. The summed E-state index contributed by atoms with van der Waals surface area (Å²) in [5.74, 6) is 0.191. The van der Waals surface area contributed by atoms with Crippen molar-refractivity contribution in [1.29, 1.82) is 0 Å². The molecule has 2 rings (SSSR count). The second-order valence-corrected chi connectivity index (χ2v) is 5.25. The Bertz CT molecular complexity index is 649. The van der Waals surface area contributed by atoms with Crippen molar-refractivity contribution in [1.82, 2.24) is 0 Å². The van der Waals surface area contributed by atoms with E-state index >= 15 is 0 Å². The van der Waals surface area contributed by atoms with Crippen LogP contribution in [0.1, 0.15) is 31.4 Å². The average molecular weight is 276 g/mol. The van der Waals surface area contributed by atoms with Crippen molar-refractivity contribution in [3.05, 3.63) is 83.4 Å². The van der Waals surface area contributed by atoms with Crippen LogP contribution in [-0.4, -0.2) is 5.78 Å². The van der Waals surface area contributed by atoms with Gasteiger partial charge in [0.15, 0.2) is 0 Å². The zero-order chi connectivity index (χ0) is 15.1. The fourth-order valence-corrected chi connectivity index (χ4v) is 2.28. The van der Waals surface area contributed by atoms with E-state index in [1.807, 2.05) is 43.3 Å². The lowest BCUT2D eigenvalue weighted by molar-refractivity contribution is -0.116. The van der Waals surface area contributed by atoms with Crippen molar-refractivity contribution in [2.24, 2.45) is 0 Å². The minimum Gasteiger partial charge on any atom is -0.300 e. The van der Waals surface area contributed by atoms with Crippen LogP contribution in [0.2, 0.25) is 0 Å². The van der Waals surface area contributed by atoms with Gasteiger partial charge < -0.3 is 0 Å². The van der Waals surface area contributed by atoms with Gasteiger partial charge in [0, 0.05) is 6.42 Å². The highest BCUT2D eigenvalue weighted by atomic mass is 16.1. The van der Waals surface area contributed by atoms with E-state index in [2.05, 4.69) is 36.4 Å². The summed E-state index contributed by atoms with van der Waals surface area (Å²) in [7, 11) is 0. The Kier molecular flexibility index (Phi) is 5.28. The Morgan fingerprint density at radius 3 is 2.05 bits per heavy atom. The first-order valence-corrected chi connectivity index (χ1v) is 7.14. The highest BCUT2D eigenvalue weighted by molar-refractivity contribution is 5.88. The van der Waals surface area contributed by atoms with Gasteiger partial charge in [0.2, 0.25) is 0 Å². The summed E-state index contributed by atoms with van der Waals surface area (Å²) in [6.45, 7) is 3.63. The van der Waals surface area contributed by atoms with Crippen molar-refractivity contribution < 1.29 is 4.79 Å². The number of Topliss-reactive ketones (excluding diaryl/α,β-unsaturated/α-hetero) is 1. The molecule has 0 spiro atoms. The molecular weight excluding hydrogens is 256 g/mol. The summed E-state index contributed by atoms with van der Waals surface area (Å²) in [6, 6.07) is 20.5. The number of benzene rings is 2. The molecule has 0 amide bonds. The molecule has 0 fully saturated rings. The highest BCUT2D eigenvalue weighted by Gasteiger charge is 2.01. The van der Waals surface area contributed by atoms with E-state index in [1.54, 1.807) is 6.92 Å². The SMILES string of the molecule is CC(=O)C/C(C)=C/C(=C/c1ccccc1)c1ccccc1. The second kappa shape index (κ2) is 7.39. The molecule has 0 heterocycles. The van der Waals surface area contributed by atoms with Gasteiger partial charge in [0.1, 0.15) is 5.78 Å². The van der Waals surface area contributed by atoms with Crippen LogP contribution in [0.15, 0.2) is 72.3 Å². The molecule has 1 heteroatoms. The minimum absolute atomic E-state index is 0.191. The van der Waals surface area contributed by atoms with Crippen molar-refractivity contribution in [3.8, 4) is 0 Å². The Labute approximate surface area is 126 Å². The predicted molar refractivity (Wildman–Crippen MR) is 89.8 cm³/mol. The third-order valence-electron chi connectivity index (χ3n) is 3.16. The molecule has 0 aliphatic rings. The summed E-state index contributed by atoms with van der Waals surface area (Å²) in [5.41, 5.74) is 4.52. The highest BCUT2D eigenvalue weighted by Crippen LogP contribution is 2.22. The summed E-state index contributed by atoms with van der Waals surface area (Å²) < 4.78 is 0. The van der Waals surface area contributed by atoms with Crippen LogP contribution in [0.4, 0.5) is 0 Å². The van der Waals surface area contributed by atoms with Gasteiger partial charge in [-0.1, -0.05) is 72.3 Å². The third-order valence-corrected chi connectivity index (χ3v) is 3.16. The molecule has 0 aliphatic heterocycles. The fourth-order valence-electron chi connectivity index (χ4n) is 2.28. The number of carbonyl (C=O) groups excluding carboxylic acids is 1. The maximum Gasteiger partial charge on any atom is 0.133 e. The first-order chi connectivity index (χ1) is 10.1. The molecule has 0 saturated carbocycles. The van der Waals surface area contributed by atoms with Crippen LogP contribution < -0.4 is 0 Å². The van der Waals surface area contributed by atoms with Crippen molar-refractivity contribution in [3.63, 3.8) is 0 Å². The van der Waals surface area contributed by atoms with Crippen LogP contribution in [0.3, 0.4) is 0 Å². The van der Waals surface area contributed by atoms with Gasteiger partial charge >= 0.3 is 0 Å². The first-order valence-electron chi connectivity index (χ1n) is 7.14. The van der Waals surface area contributed by atoms with Gasteiger partial charge in [-0.2, -0.15) is 0 Å². The number of ketones is 1. The summed E-state index contributed by atoms with van der Waals surface area (Å²) in [5, 5.41) is 0. The summed E-state index contributed by atoms with van der Waals surface area (Å²) in [6.07, 6.45) is 4.75. The maximum atomic E-state index is 11.3. The number of carbonyl (C=O) groups is 1. The quantitative estimate of drug-likeness (QED) is 0.545. The number of hydrogen-bond acceptors (Lipinski definition) is 1. The molecule has 1 nitrogen and oxygen atoms in total. The lowest BCUT2D eigenvalue weighted by Gasteiger charge is -2.06.